The second-order valence-corrected chi connectivity index (χ2v) is 7.64. The first-order valence-electron chi connectivity index (χ1n) is 8.07. The lowest BCUT2D eigenvalue weighted by molar-refractivity contribution is -0.131. The van der Waals surface area contributed by atoms with Crippen LogP contribution in [0.5, 0.6) is 11.5 Å². The Kier molecular flexibility index (Phi) is 6.98. The molecule has 2 rings (SSSR count). The number of nitrogens with zero attached hydrogens (tertiary/aromatic N) is 1. The van der Waals surface area contributed by atoms with E-state index >= 15 is 0 Å². The Morgan fingerprint density at radius 2 is 1.67 bits per heavy atom. The summed E-state index contributed by atoms with van der Waals surface area (Å²) in [4.78, 5) is 10.6. The lowest BCUT2D eigenvalue weighted by atomic mass is 10.2. The van der Waals surface area contributed by atoms with Crippen LogP contribution in [-0.4, -0.2) is 51.1 Å². The van der Waals surface area contributed by atoms with Crippen molar-refractivity contribution in [3.05, 3.63) is 60.2 Å². The summed E-state index contributed by atoms with van der Waals surface area (Å²) in [6.07, 6.45) is 2.39. The predicted molar refractivity (Wildman–Crippen MR) is 101 cm³/mol. The maximum Gasteiger partial charge on any atom is 0.328 e. The van der Waals surface area contributed by atoms with Gasteiger partial charge in [0.2, 0.25) is 10.0 Å². The summed E-state index contributed by atoms with van der Waals surface area (Å²) in [6, 6.07) is 13.0. The van der Waals surface area contributed by atoms with Crippen LogP contribution in [0, 0.1) is 0 Å². The highest BCUT2D eigenvalue weighted by Crippen LogP contribution is 2.18. The van der Waals surface area contributed by atoms with E-state index in [1.807, 2.05) is 0 Å². The highest BCUT2D eigenvalue weighted by Gasteiger charge is 2.20. The number of sulfonamides is 1. The first kappa shape index (κ1) is 20.5. The van der Waals surface area contributed by atoms with Gasteiger partial charge in [0.1, 0.15) is 18.1 Å². The van der Waals surface area contributed by atoms with Gasteiger partial charge in [-0.2, -0.15) is 4.31 Å². The van der Waals surface area contributed by atoms with E-state index in [-0.39, 0.29) is 18.0 Å². The van der Waals surface area contributed by atoms with Crippen LogP contribution in [0.2, 0.25) is 0 Å². The van der Waals surface area contributed by atoms with E-state index in [9.17, 15) is 13.2 Å². The SMILES string of the molecule is COc1ccc(OCCN(C)S(=O)(=O)c2ccc(/C=C/C(=O)O)cc2)cc1. The zero-order chi connectivity index (χ0) is 19.9. The summed E-state index contributed by atoms with van der Waals surface area (Å²) in [5.74, 6) is 0.267. The van der Waals surface area contributed by atoms with Crippen molar-refractivity contribution in [2.75, 3.05) is 27.3 Å². The highest BCUT2D eigenvalue weighted by molar-refractivity contribution is 7.89. The predicted octanol–water partition coefficient (Wildman–Crippen LogP) is 2.49. The molecule has 0 atom stereocenters. The van der Waals surface area contributed by atoms with Crippen molar-refractivity contribution in [2.45, 2.75) is 4.90 Å². The summed E-state index contributed by atoms with van der Waals surface area (Å²) in [6.45, 7) is 0.372. The molecule has 0 bridgehead atoms. The van der Waals surface area contributed by atoms with Crippen molar-refractivity contribution in [3.8, 4) is 11.5 Å². The van der Waals surface area contributed by atoms with Gasteiger partial charge in [-0.15, -0.1) is 0 Å². The average molecular weight is 391 g/mol. The molecule has 0 aromatic heterocycles. The molecule has 27 heavy (non-hydrogen) atoms. The largest absolute Gasteiger partial charge is 0.497 e. The van der Waals surface area contributed by atoms with Crippen molar-refractivity contribution in [1.29, 1.82) is 0 Å². The molecule has 2 aromatic carbocycles. The Labute approximate surface area is 158 Å². The molecule has 0 heterocycles. The summed E-state index contributed by atoms with van der Waals surface area (Å²) in [5.41, 5.74) is 0.599. The van der Waals surface area contributed by atoms with E-state index in [4.69, 9.17) is 14.6 Å². The molecule has 0 amide bonds. The van der Waals surface area contributed by atoms with Gasteiger partial charge in [0.15, 0.2) is 0 Å². The van der Waals surface area contributed by atoms with Crippen molar-refractivity contribution < 1.29 is 27.8 Å². The van der Waals surface area contributed by atoms with Crippen LogP contribution in [0.15, 0.2) is 59.5 Å². The summed E-state index contributed by atoms with van der Waals surface area (Å²) >= 11 is 0. The van der Waals surface area contributed by atoms with Crippen molar-refractivity contribution in [2.24, 2.45) is 0 Å². The molecule has 7 nitrogen and oxygen atoms in total. The smallest absolute Gasteiger partial charge is 0.328 e. The molecule has 0 saturated carbocycles. The van der Waals surface area contributed by atoms with Gasteiger partial charge in [0, 0.05) is 19.7 Å². The first-order chi connectivity index (χ1) is 12.8. The molecule has 0 fully saturated rings. The molecule has 0 radical (unpaired) electrons. The second kappa shape index (κ2) is 9.20. The number of carboxylic acids is 1. The van der Waals surface area contributed by atoms with E-state index < -0.39 is 16.0 Å². The van der Waals surface area contributed by atoms with Crippen molar-refractivity contribution in [3.63, 3.8) is 0 Å². The van der Waals surface area contributed by atoms with E-state index in [1.54, 1.807) is 43.5 Å². The Morgan fingerprint density at radius 3 is 2.22 bits per heavy atom. The second-order valence-electron chi connectivity index (χ2n) is 5.59. The number of carbonyl (C=O) groups is 1. The van der Waals surface area contributed by atoms with Gasteiger partial charge in [-0.05, 0) is 48.0 Å². The monoisotopic (exact) mass is 391 g/mol. The van der Waals surface area contributed by atoms with Gasteiger partial charge < -0.3 is 14.6 Å². The fourth-order valence-electron chi connectivity index (χ4n) is 2.18. The fraction of sp³-hybridized carbons (Fsp3) is 0.211. The number of methoxy groups -OCH3 is 1. The van der Waals surface area contributed by atoms with E-state index in [1.165, 1.54) is 29.6 Å². The van der Waals surface area contributed by atoms with E-state index in [0.29, 0.717) is 17.1 Å². The molecule has 0 aliphatic rings. The van der Waals surface area contributed by atoms with Crippen LogP contribution >= 0.6 is 0 Å². The normalized spacial score (nSPS) is 11.7. The molecule has 0 unspecified atom stereocenters. The first-order valence-corrected chi connectivity index (χ1v) is 9.51. The summed E-state index contributed by atoms with van der Waals surface area (Å²) < 4.78 is 37.0. The van der Waals surface area contributed by atoms with E-state index in [0.717, 1.165) is 6.08 Å². The maximum atomic E-state index is 12.6. The molecule has 2 aromatic rings. The van der Waals surface area contributed by atoms with Crippen molar-refractivity contribution >= 4 is 22.1 Å². The number of likely N-dealkylation sites (N-methyl/N-ethyl adjacent to an activating group) is 1. The number of aliphatic carboxylic acids is 1. The minimum absolute atomic E-state index is 0.127. The molecule has 0 aliphatic carbocycles. The highest BCUT2D eigenvalue weighted by atomic mass is 32.2. The molecule has 1 N–H and O–H groups in total. The van der Waals surface area contributed by atoms with Gasteiger partial charge in [0.05, 0.1) is 12.0 Å². The molecular formula is C19H21NO6S. The van der Waals surface area contributed by atoms with Crippen LogP contribution in [0.3, 0.4) is 0 Å². The molecule has 0 spiro atoms. The zero-order valence-electron chi connectivity index (χ0n) is 15.0. The third-order valence-corrected chi connectivity index (χ3v) is 5.61. The van der Waals surface area contributed by atoms with Crippen LogP contribution in [0.4, 0.5) is 0 Å². The number of hydrogen-bond acceptors (Lipinski definition) is 5. The lowest BCUT2D eigenvalue weighted by Crippen LogP contribution is -2.31. The molecule has 0 aliphatic heterocycles. The van der Waals surface area contributed by atoms with Crippen LogP contribution < -0.4 is 9.47 Å². The van der Waals surface area contributed by atoms with Gasteiger partial charge in [-0.3, -0.25) is 0 Å². The van der Waals surface area contributed by atoms with Crippen LogP contribution in [-0.2, 0) is 14.8 Å². The summed E-state index contributed by atoms with van der Waals surface area (Å²) in [5, 5.41) is 8.61. The molecule has 8 heteroatoms. The Balaban J connectivity index is 1.95. The number of benzene rings is 2. The number of rotatable bonds is 9. The maximum absolute atomic E-state index is 12.6. The minimum Gasteiger partial charge on any atom is -0.497 e. The fourth-order valence-corrected chi connectivity index (χ4v) is 3.34. The van der Waals surface area contributed by atoms with Crippen molar-refractivity contribution in [1.82, 2.24) is 4.31 Å². The number of ether oxygens (including phenoxy) is 2. The van der Waals surface area contributed by atoms with Crippen LogP contribution in [0.1, 0.15) is 5.56 Å². The zero-order valence-corrected chi connectivity index (χ0v) is 15.8. The van der Waals surface area contributed by atoms with Gasteiger partial charge in [-0.1, -0.05) is 12.1 Å². The Bertz CT molecular complexity index is 889. The summed E-state index contributed by atoms with van der Waals surface area (Å²) in [7, 11) is -0.608. The van der Waals surface area contributed by atoms with E-state index in [2.05, 4.69) is 0 Å². The Hall–Kier alpha value is -2.84. The third-order valence-electron chi connectivity index (χ3n) is 3.74. The van der Waals surface area contributed by atoms with Crippen LogP contribution in [0.25, 0.3) is 6.08 Å². The topological polar surface area (TPSA) is 93.1 Å². The third kappa shape index (κ3) is 5.83. The van der Waals surface area contributed by atoms with Gasteiger partial charge in [-0.25, -0.2) is 13.2 Å². The molecular weight excluding hydrogens is 370 g/mol. The minimum atomic E-state index is -3.66. The van der Waals surface area contributed by atoms with Gasteiger partial charge in [0.25, 0.3) is 0 Å². The quantitative estimate of drug-likeness (QED) is 0.660. The van der Waals surface area contributed by atoms with Gasteiger partial charge >= 0.3 is 5.97 Å². The molecule has 144 valence electrons. The Morgan fingerprint density at radius 1 is 1.07 bits per heavy atom. The number of hydrogen-bond donors (Lipinski definition) is 1. The lowest BCUT2D eigenvalue weighted by Gasteiger charge is -2.17. The average Bonchev–Trinajstić information content (AvgIpc) is 2.67. The number of carboxylic acid groups (broad SMARTS) is 1. The molecule has 0 saturated heterocycles. The standard InChI is InChI=1S/C19H21NO6S/c1-20(13-14-26-17-8-6-16(25-2)7-9-17)27(23,24)18-10-3-15(4-11-18)5-12-19(21)22/h3-12H,13-14H2,1-2H3,(H,21,22)/b12-5+.